The van der Waals surface area contributed by atoms with Crippen molar-refractivity contribution in [1.29, 1.82) is 0 Å². The van der Waals surface area contributed by atoms with Crippen LogP contribution in [0.2, 0.25) is 0 Å². The second-order valence-electron chi connectivity index (χ2n) is 5.26. The minimum absolute atomic E-state index is 0.330. The minimum Gasteiger partial charge on any atom is -0.366 e. The Balaban J connectivity index is 1.96. The van der Waals surface area contributed by atoms with Crippen LogP contribution in [0.1, 0.15) is 16.1 Å². The molecule has 0 aliphatic heterocycles. The Morgan fingerprint density at radius 3 is 2.68 bits per heavy atom. The molecular formula is C17H15N5O2S. The third-order valence-electron chi connectivity index (χ3n) is 3.33. The lowest BCUT2D eigenvalue weighted by molar-refractivity contribution is 0.100. The molecule has 1 aromatic carbocycles. The molecule has 3 rings (SSSR count). The van der Waals surface area contributed by atoms with Crippen LogP contribution in [0.15, 0.2) is 53.5 Å². The first-order chi connectivity index (χ1) is 12.0. The molecule has 0 aliphatic carbocycles. The third kappa shape index (κ3) is 3.99. The number of amides is 1. The predicted molar refractivity (Wildman–Crippen MR) is 98.9 cm³/mol. The van der Waals surface area contributed by atoms with Gasteiger partial charge in [0.05, 0.1) is 16.9 Å². The molecule has 0 unspecified atom stereocenters. The van der Waals surface area contributed by atoms with E-state index in [4.69, 9.17) is 5.73 Å². The highest BCUT2D eigenvalue weighted by atomic mass is 32.1. The SMILES string of the molecule is Cc1cc(Nc2cc(Nc3ccccnc3=O)ccc2C(N)=O)sn1. The van der Waals surface area contributed by atoms with Gasteiger partial charge in [-0.3, -0.25) is 9.59 Å². The zero-order valence-corrected chi connectivity index (χ0v) is 14.1. The Kier molecular flexibility index (Phi) is 4.71. The fourth-order valence-electron chi connectivity index (χ4n) is 2.20. The van der Waals surface area contributed by atoms with Crippen molar-refractivity contribution < 1.29 is 4.79 Å². The van der Waals surface area contributed by atoms with Crippen LogP contribution in [-0.2, 0) is 0 Å². The lowest BCUT2D eigenvalue weighted by atomic mass is 10.1. The van der Waals surface area contributed by atoms with E-state index in [1.54, 1.807) is 36.4 Å². The molecule has 0 atom stereocenters. The van der Waals surface area contributed by atoms with E-state index in [0.717, 1.165) is 10.7 Å². The zero-order chi connectivity index (χ0) is 17.8. The molecule has 0 saturated carbocycles. The van der Waals surface area contributed by atoms with Crippen LogP contribution in [-0.4, -0.2) is 15.3 Å². The van der Waals surface area contributed by atoms with Crippen molar-refractivity contribution in [3.63, 3.8) is 0 Å². The van der Waals surface area contributed by atoms with Crippen molar-refractivity contribution in [2.24, 2.45) is 5.73 Å². The normalized spacial score (nSPS) is 10.3. The van der Waals surface area contributed by atoms with Gasteiger partial charge >= 0.3 is 0 Å². The molecule has 7 nitrogen and oxygen atoms in total. The van der Waals surface area contributed by atoms with Crippen molar-refractivity contribution in [3.05, 3.63) is 70.3 Å². The van der Waals surface area contributed by atoms with E-state index in [9.17, 15) is 9.59 Å². The van der Waals surface area contributed by atoms with E-state index >= 15 is 0 Å². The topological polar surface area (TPSA) is 110 Å². The average molecular weight is 353 g/mol. The number of rotatable bonds is 5. The first-order valence-corrected chi connectivity index (χ1v) is 8.17. The Morgan fingerprint density at radius 1 is 1.12 bits per heavy atom. The summed E-state index contributed by atoms with van der Waals surface area (Å²) in [5, 5.41) is 6.94. The molecule has 2 aromatic heterocycles. The van der Waals surface area contributed by atoms with E-state index in [0.29, 0.717) is 22.6 Å². The number of aryl methyl sites for hydroxylation is 1. The third-order valence-corrected chi connectivity index (χ3v) is 4.13. The van der Waals surface area contributed by atoms with Crippen LogP contribution in [0, 0.1) is 6.92 Å². The van der Waals surface area contributed by atoms with Gasteiger partial charge in [0.1, 0.15) is 10.7 Å². The van der Waals surface area contributed by atoms with Gasteiger partial charge < -0.3 is 16.4 Å². The number of carbonyl (C=O) groups excluding carboxylic acids is 1. The molecule has 2 heterocycles. The van der Waals surface area contributed by atoms with E-state index in [1.807, 2.05) is 13.0 Å². The summed E-state index contributed by atoms with van der Waals surface area (Å²) in [7, 11) is 0. The van der Waals surface area contributed by atoms with E-state index in [-0.39, 0.29) is 5.56 Å². The number of nitrogens with one attached hydrogen (secondary N) is 2. The van der Waals surface area contributed by atoms with Gasteiger partial charge in [-0.1, -0.05) is 6.07 Å². The highest BCUT2D eigenvalue weighted by molar-refractivity contribution is 7.10. The summed E-state index contributed by atoms with van der Waals surface area (Å²) >= 11 is 1.28. The number of benzene rings is 1. The van der Waals surface area contributed by atoms with Gasteiger partial charge in [-0.15, -0.1) is 0 Å². The molecule has 3 aromatic rings. The number of anilines is 4. The lowest BCUT2D eigenvalue weighted by Gasteiger charge is -2.11. The first-order valence-electron chi connectivity index (χ1n) is 7.39. The van der Waals surface area contributed by atoms with Gasteiger partial charge in [0, 0.05) is 11.9 Å². The van der Waals surface area contributed by atoms with E-state index in [1.165, 1.54) is 17.7 Å². The van der Waals surface area contributed by atoms with Crippen molar-refractivity contribution in [2.45, 2.75) is 6.92 Å². The standard InChI is InChI=1S/C17H15N5O2S/c1-10-8-15(25-22-10)21-14-9-11(5-6-12(14)16(18)23)20-13-4-2-3-7-19-17(13)24/h2-9,21H,1H3,(H2,18,23)(H,19,20,24). The predicted octanol–water partition coefficient (Wildman–Crippen LogP) is 2.79. The monoisotopic (exact) mass is 353 g/mol. The second kappa shape index (κ2) is 7.10. The fourth-order valence-corrected chi connectivity index (χ4v) is 2.87. The molecule has 0 fully saturated rings. The van der Waals surface area contributed by atoms with Crippen molar-refractivity contribution >= 4 is 39.5 Å². The molecule has 0 spiro atoms. The fraction of sp³-hybridized carbons (Fsp3) is 0.0588. The van der Waals surface area contributed by atoms with Crippen LogP contribution in [0.3, 0.4) is 0 Å². The second-order valence-corrected chi connectivity index (χ2v) is 6.06. The van der Waals surface area contributed by atoms with Crippen molar-refractivity contribution in [3.8, 4) is 0 Å². The molecule has 0 aliphatic rings. The smallest absolute Gasteiger partial charge is 0.293 e. The number of nitrogens with two attached hydrogens (primary N) is 1. The Bertz CT molecular complexity index is 987. The van der Waals surface area contributed by atoms with E-state index < -0.39 is 5.91 Å². The maximum Gasteiger partial charge on any atom is 0.293 e. The summed E-state index contributed by atoms with van der Waals surface area (Å²) in [6, 6.07) is 11.9. The van der Waals surface area contributed by atoms with Gasteiger partial charge in [0.2, 0.25) is 0 Å². The quantitative estimate of drug-likeness (QED) is 0.650. The van der Waals surface area contributed by atoms with Gasteiger partial charge in [-0.2, -0.15) is 4.37 Å². The van der Waals surface area contributed by atoms with Crippen LogP contribution in [0.25, 0.3) is 0 Å². The number of carbonyl (C=O) groups is 1. The Labute approximate surface area is 147 Å². The van der Waals surface area contributed by atoms with Crippen molar-refractivity contribution in [1.82, 2.24) is 9.36 Å². The maximum absolute atomic E-state index is 11.9. The van der Waals surface area contributed by atoms with Crippen LogP contribution >= 0.6 is 11.5 Å². The summed E-state index contributed by atoms with van der Waals surface area (Å²) in [6.07, 6.45) is 1.43. The summed E-state index contributed by atoms with van der Waals surface area (Å²) in [4.78, 5) is 27.3. The Hall–Kier alpha value is -3.26. The number of primary amides is 1. The van der Waals surface area contributed by atoms with Crippen LogP contribution in [0.4, 0.5) is 22.1 Å². The Morgan fingerprint density at radius 2 is 1.96 bits per heavy atom. The molecule has 25 heavy (non-hydrogen) atoms. The molecule has 1 amide bonds. The van der Waals surface area contributed by atoms with Crippen LogP contribution in [0.5, 0.6) is 0 Å². The highest BCUT2D eigenvalue weighted by Crippen LogP contribution is 2.28. The molecule has 0 bridgehead atoms. The van der Waals surface area contributed by atoms with Gasteiger partial charge in [0.25, 0.3) is 11.5 Å². The maximum atomic E-state index is 11.9. The van der Waals surface area contributed by atoms with Crippen LogP contribution < -0.4 is 21.9 Å². The summed E-state index contributed by atoms with van der Waals surface area (Å²) in [6.45, 7) is 1.88. The van der Waals surface area contributed by atoms with Gasteiger partial charge in [-0.05, 0) is 54.9 Å². The van der Waals surface area contributed by atoms with Crippen molar-refractivity contribution in [2.75, 3.05) is 10.6 Å². The van der Waals surface area contributed by atoms with Gasteiger partial charge in [0.15, 0.2) is 0 Å². The average Bonchev–Trinajstić information content (AvgIpc) is 2.87. The highest BCUT2D eigenvalue weighted by Gasteiger charge is 2.11. The number of nitrogens with zero attached hydrogens (tertiary/aromatic N) is 2. The minimum atomic E-state index is -0.549. The number of aromatic nitrogens is 2. The molecule has 4 N–H and O–H groups in total. The lowest BCUT2D eigenvalue weighted by Crippen LogP contribution is -2.13. The molecule has 8 heteroatoms. The first kappa shape index (κ1) is 16.6. The largest absolute Gasteiger partial charge is 0.366 e. The number of hydrogen-bond acceptors (Lipinski definition) is 7. The molecule has 0 radical (unpaired) electrons. The summed E-state index contributed by atoms with van der Waals surface area (Å²) in [5.74, 6) is -0.549. The zero-order valence-electron chi connectivity index (χ0n) is 13.3. The molecule has 0 saturated heterocycles. The summed E-state index contributed by atoms with van der Waals surface area (Å²) < 4.78 is 4.19. The van der Waals surface area contributed by atoms with E-state index in [2.05, 4.69) is 20.0 Å². The molecular weight excluding hydrogens is 338 g/mol. The number of hydrogen-bond donors (Lipinski definition) is 3. The van der Waals surface area contributed by atoms with Gasteiger partial charge in [-0.25, -0.2) is 4.98 Å². The molecule has 126 valence electrons. The summed E-state index contributed by atoms with van der Waals surface area (Å²) in [5.41, 5.74) is 7.77.